The first kappa shape index (κ1) is 21.1. The zero-order valence-electron chi connectivity index (χ0n) is 14.7. The number of rotatable bonds is 5. The van der Waals surface area contributed by atoms with Gasteiger partial charge in [0.05, 0.1) is 0 Å². The van der Waals surface area contributed by atoms with E-state index in [4.69, 9.17) is 0 Å². The molecule has 2 aliphatic rings. The Hall–Kier alpha value is -2.21. The van der Waals surface area contributed by atoms with Gasteiger partial charge in [0.2, 0.25) is 11.8 Å². The molecule has 1 atom stereocenters. The summed E-state index contributed by atoms with van der Waals surface area (Å²) in [6, 6.07) is 4.52. The van der Waals surface area contributed by atoms with Gasteiger partial charge >= 0.3 is 6.03 Å². The summed E-state index contributed by atoms with van der Waals surface area (Å²) in [6.45, 7) is 4.78. The van der Waals surface area contributed by atoms with Crippen molar-refractivity contribution in [1.82, 2.24) is 20.9 Å². The maximum Gasteiger partial charge on any atom is 0.314 e. The zero-order valence-corrected chi connectivity index (χ0v) is 17.7. The number of carbonyl (C=O) groups is 4. The molecule has 2 aliphatic heterocycles. The Kier molecular flexibility index (Phi) is 7.13. The largest absolute Gasteiger partial charge is 0.342 e. The molecule has 0 spiro atoms. The van der Waals surface area contributed by atoms with Crippen LogP contribution in [0.4, 0.5) is 4.79 Å². The monoisotopic (exact) mass is 541 g/mol. The fraction of sp³-hybridized carbons (Fsp3) is 0.389. The van der Waals surface area contributed by atoms with Crippen LogP contribution in [0.1, 0.15) is 40.7 Å². The van der Waals surface area contributed by atoms with Crippen LogP contribution in [0, 0.1) is 6.92 Å². The Morgan fingerprint density at radius 1 is 1.26 bits per heavy atom. The standard InChI is InChI=1S/C18H21N4O4.W/c1-2-7-19-18(26)20-9-11-3-4-12-10-22(17(25)13(12)8-11)14-5-6-15(23)21-16(14)24;/h3-4,8,14H,1-2,5-7,9-10H2,(H2,19,20,26)(H,21,23,24);/q-1;. The summed E-state index contributed by atoms with van der Waals surface area (Å²) in [5.41, 5.74) is 2.17. The molecule has 144 valence electrons. The number of hydrogen-bond acceptors (Lipinski definition) is 4. The molecule has 1 aromatic rings. The molecule has 1 saturated heterocycles. The Balaban J connectivity index is 0.00000261. The van der Waals surface area contributed by atoms with Gasteiger partial charge in [-0.05, 0) is 30.2 Å². The predicted octanol–water partition coefficient (Wildman–Crippen LogP) is 0.468. The van der Waals surface area contributed by atoms with Crippen molar-refractivity contribution in [2.45, 2.75) is 38.4 Å². The Morgan fingerprint density at radius 3 is 2.74 bits per heavy atom. The summed E-state index contributed by atoms with van der Waals surface area (Å²) in [5.74, 6) is -0.954. The van der Waals surface area contributed by atoms with E-state index in [1.165, 1.54) is 4.90 Å². The Labute approximate surface area is 171 Å². The van der Waals surface area contributed by atoms with Crippen LogP contribution in [0.5, 0.6) is 0 Å². The number of nitrogens with one attached hydrogen (secondary N) is 3. The van der Waals surface area contributed by atoms with E-state index in [9.17, 15) is 19.2 Å². The molecule has 0 bridgehead atoms. The van der Waals surface area contributed by atoms with Crippen LogP contribution in [0.25, 0.3) is 0 Å². The van der Waals surface area contributed by atoms with Gasteiger partial charge in [0.1, 0.15) is 6.04 Å². The quantitative estimate of drug-likeness (QED) is 0.372. The number of urea groups is 1. The molecule has 0 aliphatic carbocycles. The van der Waals surface area contributed by atoms with E-state index in [1.54, 1.807) is 6.07 Å². The minimum atomic E-state index is -0.623. The molecule has 9 heteroatoms. The summed E-state index contributed by atoms with van der Waals surface area (Å²) in [5, 5.41) is 7.67. The van der Waals surface area contributed by atoms with Crippen LogP contribution in [-0.4, -0.2) is 41.2 Å². The maximum atomic E-state index is 12.7. The third kappa shape index (κ3) is 4.74. The van der Waals surface area contributed by atoms with Crippen LogP contribution < -0.4 is 16.0 Å². The van der Waals surface area contributed by atoms with Gasteiger partial charge in [0, 0.05) is 46.1 Å². The van der Waals surface area contributed by atoms with Crippen molar-refractivity contribution in [2.75, 3.05) is 6.54 Å². The number of fused-ring (bicyclic) bond motifs is 1. The summed E-state index contributed by atoms with van der Waals surface area (Å²) in [6.07, 6.45) is 1.18. The van der Waals surface area contributed by atoms with Gasteiger partial charge in [-0.1, -0.05) is 12.1 Å². The summed E-state index contributed by atoms with van der Waals surface area (Å²) < 4.78 is 0. The van der Waals surface area contributed by atoms with Gasteiger partial charge < -0.3 is 22.5 Å². The van der Waals surface area contributed by atoms with Crippen LogP contribution in [0.2, 0.25) is 0 Å². The van der Waals surface area contributed by atoms with Crippen molar-refractivity contribution < 1.29 is 40.2 Å². The van der Waals surface area contributed by atoms with Gasteiger partial charge in [0.15, 0.2) is 0 Å². The summed E-state index contributed by atoms with van der Waals surface area (Å²) in [7, 11) is 0. The van der Waals surface area contributed by atoms with Gasteiger partial charge in [0.25, 0.3) is 5.91 Å². The average Bonchev–Trinajstić information content (AvgIpc) is 2.94. The first-order valence-electron chi connectivity index (χ1n) is 8.57. The first-order chi connectivity index (χ1) is 12.5. The second kappa shape index (κ2) is 9.13. The Bertz CT molecular complexity index is 768. The number of imide groups is 1. The molecule has 8 nitrogen and oxygen atoms in total. The molecule has 5 amide bonds. The molecule has 0 radical (unpaired) electrons. The fourth-order valence-electron chi connectivity index (χ4n) is 3.16. The molecule has 0 saturated carbocycles. The third-order valence-electron chi connectivity index (χ3n) is 4.51. The van der Waals surface area contributed by atoms with Crippen molar-refractivity contribution in [3.63, 3.8) is 0 Å². The van der Waals surface area contributed by atoms with Gasteiger partial charge in [-0.3, -0.25) is 19.7 Å². The van der Waals surface area contributed by atoms with Crippen LogP contribution in [-0.2, 0) is 43.7 Å². The molecular formula is C18H21N4O4W-. The topological polar surface area (TPSA) is 108 Å². The van der Waals surface area contributed by atoms with Crippen LogP contribution >= 0.6 is 0 Å². The smallest absolute Gasteiger partial charge is 0.314 e. The SMILES string of the molecule is [CH2-]CCNC(=O)NCc1ccc2c(c1)C(=O)N(C1CCC(=O)NC1=O)C2.[W]. The zero-order chi connectivity index (χ0) is 18.7. The minimum absolute atomic E-state index is 0. The van der Waals surface area contributed by atoms with Crippen LogP contribution in [0.3, 0.4) is 0 Å². The third-order valence-corrected chi connectivity index (χ3v) is 4.51. The second-order valence-corrected chi connectivity index (χ2v) is 6.35. The summed E-state index contributed by atoms with van der Waals surface area (Å²) >= 11 is 0. The normalized spacial score (nSPS) is 18.5. The molecule has 3 rings (SSSR count). The molecule has 0 aromatic heterocycles. The van der Waals surface area contributed by atoms with Crippen molar-refractivity contribution in [1.29, 1.82) is 0 Å². The molecular weight excluding hydrogens is 520 g/mol. The van der Waals surface area contributed by atoms with Crippen molar-refractivity contribution in [2.24, 2.45) is 0 Å². The molecule has 3 N–H and O–H groups in total. The Morgan fingerprint density at radius 2 is 2.04 bits per heavy atom. The molecule has 2 heterocycles. The van der Waals surface area contributed by atoms with E-state index in [0.717, 1.165) is 11.1 Å². The summed E-state index contributed by atoms with van der Waals surface area (Å²) in [4.78, 5) is 49.1. The van der Waals surface area contributed by atoms with E-state index in [1.807, 2.05) is 12.1 Å². The fourth-order valence-corrected chi connectivity index (χ4v) is 3.16. The second-order valence-electron chi connectivity index (χ2n) is 6.35. The van der Waals surface area contributed by atoms with Gasteiger partial charge in [-0.25, -0.2) is 4.79 Å². The van der Waals surface area contributed by atoms with E-state index in [2.05, 4.69) is 22.9 Å². The number of amides is 5. The predicted molar refractivity (Wildman–Crippen MR) is 92.7 cm³/mol. The van der Waals surface area contributed by atoms with Crippen molar-refractivity contribution >= 4 is 23.8 Å². The number of benzene rings is 1. The van der Waals surface area contributed by atoms with Gasteiger partial charge in [-0.2, -0.15) is 6.42 Å². The van der Waals surface area contributed by atoms with Crippen LogP contribution in [0.15, 0.2) is 18.2 Å². The molecule has 1 aromatic carbocycles. The molecule has 1 fully saturated rings. The van der Waals surface area contributed by atoms with E-state index >= 15 is 0 Å². The van der Waals surface area contributed by atoms with E-state index in [0.29, 0.717) is 38.0 Å². The van der Waals surface area contributed by atoms with Crippen molar-refractivity contribution in [3.8, 4) is 0 Å². The number of hydrogen-bond donors (Lipinski definition) is 3. The minimum Gasteiger partial charge on any atom is -0.342 e. The van der Waals surface area contributed by atoms with Crippen molar-refractivity contribution in [3.05, 3.63) is 41.8 Å². The maximum absolute atomic E-state index is 12.7. The number of carbonyl (C=O) groups excluding carboxylic acids is 4. The van der Waals surface area contributed by atoms with Gasteiger partial charge in [-0.15, -0.1) is 0 Å². The van der Waals surface area contributed by atoms with E-state index < -0.39 is 11.9 Å². The first-order valence-corrected chi connectivity index (χ1v) is 8.57. The number of nitrogens with zero attached hydrogens (tertiary/aromatic N) is 1. The molecule has 27 heavy (non-hydrogen) atoms. The average molecular weight is 541 g/mol. The number of piperidine rings is 1. The molecule has 1 unspecified atom stereocenters. The van der Waals surface area contributed by atoms with E-state index in [-0.39, 0.29) is 45.3 Å².